The summed E-state index contributed by atoms with van der Waals surface area (Å²) < 4.78 is 5.25. The Balaban J connectivity index is 1.37. The van der Waals surface area contributed by atoms with Crippen LogP contribution in [0.1, 0.15) is 36.7 Å². The standard InChI is InChI=1S/C26H30N2O2S/c1-26(2,3)21-9-5-20(6-10-21)25(29)28-17-15-27(16-18-28)24-14-13-23(31-24)19-7-11-22(30-4)12-8-19/h5-14H,15-18H2,1-4H3. The molecule has 0 aliphatic carbocycles. The van der Waals surface area contributed by atoms with E-state index in [1.165, 1.54) is 21.0 Å². The summed E-state index contributed by atoms with van der Waals surface area (Å²) in [7, 11) is 1.68. The number of piperazine rings is 1. The number of thiophene rings is 1. The highest BCUT2D eigenvalue weighted by Gasteiger charge is 2.23. The lowest BCUT2D eigenvalue weighted by molar-refractivity contribution is 0.0747. The van der Waals surface area contributed by atoms with Gasteiger partial charge in [0.15, 0.2) is 0 Å². The Morgan fingerprint density at radius 3 is 2.10 bits per heavy atom. The van der Waals surface area contributed by atoms with E-state index in [-0.39, 0.29) is 11.3 Å². The molecule has 0 N–H and O–H groups in total. The van der Waals surface area contributed by atoms with Gasteiger partial charge in [0.25, 0.3) is 5.91 Å². The quantitative estimate of drug-likeness (QED) is 0.529. The van der Waals surface area contributed by atoms with Crippen molar-refractivity contribution in [3.05, 3.63) is 71.8 Å². The Labute approximate surface area is 189 Å². The molecule has 5 heteroatoms. The van der Waals surface area contributed by atoms with E-state index in [2.05, 4.69) is 62.1 Å². The third kappa shape index (κ3) is 4.77. The molecular formula is C26H30N2O2S. The van der Waals surface area contributed by atoms with E-state index in [1.807, 2.05) is 29.2 Å². The average molecular weight is 435 g/mol. The molecule has 1 aliphatic rings. The van der Waals surface area contributed by atoms with Gasteiger partial charge in [-0.3, -0.25) is 4.79 Å². The van der Waals surface area contributed by atoms with Crippen LogP contribution in [0.5, 0.6) is 5.75 Å². The number of nitrogens with zero attached hydrogens (tertiary/aromatic N) is 2. The van der Waals surface area contributed by atoms with Crippen LogP contribution < -0.4 is 9.64 Å². The second kappa shape index (κ2) is 8.75. The van der Waals surface area contributed by atoms with Crippen molar-refractivity contribution < 1.29 is 9.53 Å². The maximum atomic E-state index is 12.9. The van der Waals surface area contributed by atoms with Crippen molar-refractivity contribution >= 4 is 22.2 Å². The number of carbonyl (C=O) groups is 1. The van der Waals surface area contributed by atoms with Gasteiger partial charge in [0, 0.05) is 36.6 Å². The zero-order valence-electron chi connectivity index (χ0n) is 18.7. The molecule has 0 bridgehead atoms. The molecule has 1 amide bonds. The molecule has 3 aromatic rings. The Bertz CT molecular complexity index is 1020. The lowest BCUT2D eigenvalue weighted by atomic mass is 9.86. The number of anilines is 1. The number of benzene rings is 2. The maximum absolute atomic E-state index is 12.9. The van der Waals surface area contributed by atoms with E-state index >= 15 is 0 Å². The van der Waals surface area contributed by atoms with Gasteiger partial charge in [-0.05, 0) is 65.1 Å². The van der Waals surface area contributed by atoms with Crippen molar-refractivity contribution in [2.24, 2.45) is 0 Å². The van der Waals surface area contributed by atoms with Crippen molar-refractivity contribution in [1.29, 1.82) is 0 Å². The summed E-state index contributed by atoms with van der Waals surface area (Å²) in [6.07, 6.45) is 0. The SMILES string of the molecule is COc1ccc(-c2ccc(N3CCN(C(=O)c4ccc(C(C)(C)C)cc4)CC3)s2)cc1. The van der Waals surface area contributed by atoms with Gasteiger partial charge < -0.3 is 14.5 Å². The van der Waals surface area contributed by atoms with Crippen LogP contribution in [-0.4, -0.2) is 44.1 Å². The van der Waals surface area contributed by atoms with Gasteiger partial charge in [0.05, 0.1) is 12.1 Å². The van der Waals surface area contributed by atoms with Crippen molar-refractivity contribution in [1.82, 2.24) is 4.90 Å². The molecule has 1 fully saturated rings. The summed E-state index contributed by atoms with van der Waals surface area (Å²) in [6.45, 7) is 9.77. The van der Waals surface area contributed by atoms with E-state index in [0.717, 1.165) is 37.5 Å². The Hall–Kier alpha value is -2.79. The van der Waals surface area contributed by atoms with Crippen LogP contribution in [0.4, 0.5) is 5.00 Å². The van der Waals surface area contributed by atoms with Crippen LogP contribution in [0.15, 0.2) is 60.7 Å². The third-order valence-electron chi connectivity index (χ3n) is 5.84. The zero-order chi connectivity index (χ0) is 22.0. The first-order chi connectivity index (χ1) is 14.8. The number of ether oxygens (including phenoxy) is 1. The lowest BCUT2D eigenvalue weighted by Gasteiger charge is -2.35. The molecule has 2 heterocycles. The van der Waals surface area contributed by atoms with Gasteiger partial charge in [-0.2, -0.15) is 0 Å². The molecule has 4 nitrogen and oxygen atoms in total. The first-order valence-corrected chi connectivity index (χ1v) is 11.6. The molecule has 31 heavy (non-hydrogen) atoms. The second-order valence-corrected chi connectivity index (χ2v) is 10.0. The molecule has 1 saturated heterocycles. The van der Waals surface area contributed by atoms with Crippen molar-refractivity contribution in [3.8, 4) is 16.2 Å². The highest BCUT2D eigenvalue weighted by molar-refractivity contribution is 7.19. The monoisotopic (exact) mass is 434 g/mol. The van der Waals surface area contributed by atoms with Crippen LogP contribution in [0.3, 0.4) is 0 Å². The maximum Gasteiger partial charge on any atom is 0.253 e. The molecular weight excluding hydrogens is 404 g/mol. The van der Waals surface area contributed by atoms with E-state index in [4.69, 9.17) is 4.74 Å². The van der Waals surface area contributed by atoms with Crippen LogP contribution in [0, 0.1) is 0 Å². The van der Waals surface area contributed by atoms with Gasteiger partial charge in [-0.1, -0.05) is 32.9 Å². The number of amides is 1. The summed E-state index contributed by atoms with van der Waals surface area (Å²) in [6, 6.07) is 20.6. The average Bonchev–Trinajstić information content (AvgIpc) is 3.28. The number of rotatable bonds is 4. The van der Waals surface area contributed by atoms with Gasteiger partial charge in [0.1, 0.15) is 5.75 Å². The Morgan fingerprint density at radius 1 is 0.871 bits per heavy atom. The van der Waals surface area contributed by atoms with E-state index in [0.29, 0.717) is 0 Å². The van der Waals surface area contributed by atoms with Crippen LogP contribution in [-0.2, 0) is 5.41 Å². The second-order valence-electron chi connectivity index (χ2n) is 8.97. The number of methoxy groups -OCH3 is 1. The fraction of sp³-hybridized carbons (Fsp3) is 0.346. The van der Waals surface area contributed by atoms with Gasteiger partial charge >= 0.3 is 0 Å². The minimum Gasteiger partial charge on any atom is -0.497 e. The third-order valence-corrected chi connectivity index (χ3v) is 7.04. The summed E-state index contributed by atoms with van der Waals surface area (Å²) in [4.78, 5) is 18.5. The van der Waals surface area contributed by atoms with Gasteiger partial charge in [-0.15, -0.1) is 11.3 Å². The Kier molecular flexibility index (Phi) is 6.05. The fourth-order valence-corrected chi connectivity index (χ4v) is 4.90. The summed E-state index contributed by atoms with van der Waals surface area (Å²) in [5, 5.41) is 1.26. The zero-order valence-corrected chi connectivity index (χ0v) is 19.5. The molecule has 0 radical (unpaired) electrons. The van der Waals surface area contributed by atoms with Crippen molar-refractivity contribution in [3.63, 3.8) is 0 Å². The first-order valence-electron chi connectivity index (χ1n) is 10.7. The molecule has 0 saturated carbocycles. The Morgan fingerprint density at radius 2 is 1.52 bits per heavy atom. The summed E-state index contributed by atoms with van der Waals surface area (Å²) >= 11 is 1.80. The van der Waals surface area contributed by atoms with Crippen molar-refractivity contribution in [2.45, 2.75) is 26.2 Å². The highest BCUT2D eigenvalue weighted by Crippen LogP contribution is 2.35. The predicted octanol–water partition coefficient (Wildman–Crippen LogP) is 5.68. The molecule has 0 spiro atoms. The van der Waals surface area contributed by atoms with Crippen LogP contribution >= 0.6 is 11.3 Å². The minimum atomic E-state index is 0.0958. The first kappa shape index (κ1) is 21.4. The summed E-state index contributed by atoms with van der Waals surface area (Å²) in [5.41, 5.74) is 3.32. The number of hydrogen-bond donors (Lipinski definition) is 0. The normalized spacial score (nSPS) is 14.6. The van der Waals surface area contributed by atoms with Crippen LogP contribution in [0.25, 0.3) is 10.4 Å². The van der Waals surface area contributed by atoms with Gasteiger partial charge in [-0.25, -0.2) is 0 Å². The fourth-order valence-electron chi connectivity index (χ4n) is 3.83. The molecule has 1 aliphatic heterocycles. The molecule has 0 unspecified atom stereocenters. The van der Waals surface area contributed by atoms with Crippen molar-refractivity contribution in [2.75, 3.05) is 38.2 Å². The number of hydrogen-bond acceptors (Lipinski definition) is 4. The molecule has 0 atom stereocenters. The highest BCUT2D eigenvalue weighted by atomic mass is 32.1. The molecule has 1 aromatic heterocycles. The van der Waals surface area contributed by atoms with Gasteiger partial charge in [0.2, 0.25) is 0 Å². The summed E-state index contributed by atoms with van der Waals surface area (Å²) in [5.74, 6) is 1.000. The molecule has 2 aromatic carbocycles. The molecule has 162 valence electrons. The van der Waals surface area contributed by atoms with E-state index in [1.54, 1.807) is 18.4 Å². The topological polar surface area (TPSA) is 32.8 Å². The van der Waals surface area contributed by atoms with E-state index < -0.39 is 0 Å². The van der Waals surface area contributed by atoms with Crippen LogP contribution in [0.2, 0.25) is 0 Å². The minimum absolute atomic E-state index is 0.0958. The predicted molar refractivity (Wildman–Crippen MR) is 130 cm³/mol. The lowest BCUT2D eigenvalue weighted by Crippen LogP contribution is -2.48. The largest absolute Gasteiger partial charge is 0.497 e. The number of carbonyl (C=O) groups excluding carboxylic acids is 1. The van der Waals surface area contributed by atoms with E-state index in [9.17, 15) is 4.79 Å². The smallest absolute Gasteiger partial charge is 0.253 e. The molecule has 4 rings (SSSR count).